The van der Waals surface area contributed by atoms with Crippen LogP contribution in [0.15, 0.2) is 59.3 Å². The molecule has 0 aliphatic carbocycles. The zero-order valence-electron chi connectivity index (χ0n) is 23.1. The summed E-state index contributed by atoms with van der Waals surface area (Å²) in [6, 6.07) is 15.1. The molecule has 1 saturated heterocycles. The topological polar surface area (TPSA) is 115 Å². The van der Waals surface area contributed by atoms with E-state index in [-0.39, 0.29) is 23.9 Å². The second-order valence-corrected chi connectivity index (χ2v) is 11.8. The van der Waals surface area contributed by atoms with Crippen LogP contribution in [0.2, 0.25) is 0 Å². The van der Waals surface area contributed by atoms with Gasteiger partial charge in [-0.2, -0.15) is 0 Å². The molecule has 0 spiro atoms. The van der Waals surface area contributed by atoms with E-state index in [1.54, 1.807) is 17.4 Å². The lowest BCUT2D eigenvalue weighted by Crippen LogP contribution is -2.39. The average Bonchev–Trinajstić information content (AvgIpc) is 3.64. The molecule has 1 atom stereocenters. The minimum Gasteiger partial charge on any atom is -0.493 e. The zero-order chi connectivity index (χ0) is 27.7. The highest BCUT2D eigenvalue weighted by molar-refractivity contribution is 7.23. The number of halogens is 1. The number of thiazole rings is 1. The normalized spacial score (nSPS) is 15.5. The summed E-state index contributed by atoms with van der Waals surface area (Å²) in [6.45, 7) is 9.23. The molecule has 6 rings (SSSR count). The molecule has 4 heterocycles. The number of nitrogens with one attached hydrogen (secondary N) is 3. The van der Waals surface area contributed by atoms with Crippen molar-refractivity contribution in [2.45, 2.75) is 38.7 Å². The largest absolute Gasteiger partial charge is 0.493 e. The van der Waals surface area contributed by atoms with Crippen molar-refractivity contribution in [2.75, 3.05) is 36.9 Å². The van der Waals surface area contributed by atoms with E-state index in [4.69, 9.17) is 19.0 Å². The predicted molar refractivity (Wildman–Crippen MR) is 164 cm³/mol. The standard InChI is InChI=1S/C29H32N6O4S.ClH/c1-29(2,3)25-15-26(34-39-25)33-27(36)31-19-6-4-18(5-7-19)22-17-35-23-9-8-20(14-24(23)40-28(35)32-22)37-12-10-21-16-30-11-13-38-21;/h4-9,14-15,17,21,30H,10-13,16H2,1-3H3,(H2,31,33,34,36);1H. The van der Waals surface area contributed by atoms with Gasteiger partial charge in [-0.05, 0) is 30.3 Å². The van der Waals surface area contributed by atoms with Crippen molar-refractivity contribution >= 4 is 56.5 Å². The molecule has 1 aliphatic rings. The summed E-state index contributed by atoms with van der Waals surface area (Å²) < 4.78 is 20.3. The number of aromatic nitrogens is 3. The van der Waals surface area contributed by atoms with Crippen molar-refractivity contribution in [2.24, 2.45) is 0 Å². The van der Waals surface area contributed by atoms with Gasteiger partial charge in [-0.15, -0.1) is 12.4 Å². The smallest absolute Gasteiger partial charge is 0.324 e. The fraction of sp³-hybridized carbons (Fsp3) is 0.345. The van der Waals surface area contributed by atoms with Gasteiger partial charge in [0.25, 0.3) is 0 Å². The molecular formula is C29H33ClN6O4S. The van der Waals surface area contributed by atoms with E-state index in [0.29, 0.717) is 23.9 Å². The van der Waals surface area contributed by atoms with Crippen molar-refractivity contribution in [1.29, 1.82) is 0 Å². The van der Waals surface area contributed by atoms with Gasteiger partial charge in [0.2, 0.25) is 0 Å². The number of nitrogens with zero attached hydrogens (tertiary/aromatic N) is 3. The molecule has 1 unspecified atom stereocenters. The second kappa shape index (κ2) is 12.1. The number of urea groups is 1. The maximum Gasteiger partial charge on any atom is 0.324 e. The van der Waals surface area contributed by atoms with Crippen LogP contribution in [0, 0.1) is 0 Å². The van der Waals surface area contributed by atoms with Gasteiger partial charge in [-0.1, -0.05) is 49.4 Å². The molecular weight excluding hydrogens is 564 g/mol. The van der Waals surface area contributed by atoms with E-state index in [0.717, 1.165) is 58.3 Å². The molecule has 0 bridgehead atoms. The highest BCUT2D eigenvalue weighted by Crippen LogP contribution is 2.32. The van der Waals surface area contributed by atoms with Crippen LogP contribution >= 0.6 is 23.7 Å². The first kappa shape index (κ1) is 28.9. The number of ether oxygens (including phenoxy) is 2. The molecule has 10 nitrogen and oxygen atoms in total. The third kappa shape index (κ3) is 6.65. The van der Waals surface area contributed by atoms with Crippen molar-refractivity contribution < 1.29 is 18.8 Å². The molecule has 41 heavy (non-hydrogen) atoms. The van der Waals surface area contributed by atoms with Crippen molar-refractivity contribution in [3.05, 3.63) is 60.5 Å². The molecule has 2 amide bonds. The molecule has 5 aromatic rings. The Morgan fingerprint density at radius 2 is 2.00 bits per heavy atom. The number of carbonyl (C=O) groups is 1. The number of imidazole rings is 1. The first-order valence-electron chi connectivity index (χ1n) is 13.3. The van der Waals surface area contributed by atoms with Gasteiger partial charge in [0.15, 0.2) is 10.8 Å². The van der Waals surface area contributed by atoms with Gasteiger partial charge in [0.1, 0.15) is 11.5 Å². The Morgan fingerprint density at radius 1 is 1.17 bits per heavy atom. The molecule has 3 N–H and O–H groups in total. The van der Waals surface area contributed by atoms with Gasteiger partial charge in [0.05, 0.1) is 35.2 Å². The summed E-state index contributed by atoms with van der Waals surface area (Å²) in [5.41, 5.74) is 3.38. The number of hydrogen-bond acceptors (Lipinski definition) is 8. The lowest BCUT2D eigenvalue weighted by molar-refractivity contribution is 0.0159. The maximum atomic E-state index is 12.4. The number of hydrogen-bond donors (Lipinski definition) is 3. The van der Waals surface area contributed by atoms with E-state index in [1.165, 1.54) is 0 Å². The monoisotopic (exact) mass is 596 g/mol. The summed E-state index contributed by atoms with van der Waals surface area (Å²) in [4.78, 5) is 18.2. The number of carbonyl (C=O) groups excluding carboxylic acids is 1. The van der Waals surface area contributed by atoms with Crippen molar-refractivity contribution in [3.8, 4) is 17.0 Å². The van der Waals surface area contributed by atoms with E-state index in [1.807, 2.05) is 57.3 Å². The van der Waals surface area contributed by atoms with Gasteiger partial charge in [-0.3, -0.25) is 9.72 Å². The average molecular weight is 597 g/mol. The first-order valence-corrected chi connectivity index (χ1v) is 14.2. The van der Waals surface area contributed by atoms with Crippen molar-refractivity contribution in [3.63, 3.8) is 0 Å². The molecule has 12 heteroatoms. The van der Waals surface area contributed by atoms with E-state index in [2.05, 4.69) is 37.6 Å². The molecule has 1 fully saturated rings. The minimum atomic E-state index is -0.391. The first-order chi connectivity index (χ1) is 19.3. The SMILES string of the molecule is CC(C)(C)c1cc(NC(=O)Nc2ccc(-c3cn4c(n3)sc3cc(OCCC5CNCCO5)ccc34)cc2)no1.Cl. The molecule has 2 aromatic carbocycles. The molecule has 0 radical (unpaired) electrons. The lowest BCUT2D eigenvalue weighted by Gasteiger charge is -2.23. The zero-order valence-corrected chi connectivity index (χ0v) is 24.7. The summed E-state index contributed by atoms with van der Waals surface area (Å²) >= 11 is 1.63. The van der Waals surface area contributed by atoms with Crippen LogP contribution in [0.4, 0.5) is 16.3 Å². The number of fused-ring (bicyclic) bond motifs is 3. The number of benzene rings is 2. The summed E-state index contributed by atoms with van der Waals surface area (Å²) in [5.74, 6) is 1.92. The third-order valence-electron chi connectivity index (χ3n) is 6.71. The van der Waals surface area contributed by atoms with Crippen LogP contribution in [-0.2, 0) is 10.2 Å². The van der Waals surface area contributed by atoms with Gasteiger partial charge < -0.3 is 24.6 Å². The summed E-state index contributed by atoms with van der Waals surface area (Å²) in [7, 11) is 0. The summed E-state index contributed by atoms with van der Waals surface area (Å²) in [6.07, 6.45) is 3.11. The predicted octanol–water partition coefficient (Wildman–Crippen LogP) is 6.32. The Hall–Kier alpha value is -3.64. The molecule has 216 valence electrons. The van der Waals surface area contributed by atoms with Gasteiger partial charge >= 0.3 is 6.03 Å². The number of amides is 2. The quantitative estimate of drug-likeness (QED) is 0.201. The van der Waals surface area contributed by atoms with Crippen LogP contribution in [0.3, 0.4) is 0 Å². The fourth-order valence-corrected chi connectivity index (χ4v) is 5.55. The van der Waals surface area contributed by atoms with Crippen LogP contribution in [0.1, 0.15) is 33.0 Å². The molecule has 0 saturated carbocycles. The Labute approximate surface area is 247 Å². The Balaban J connectivity index is 0.00000337. The Kier molecular flexibility index (Phi) is 8.50. The van der Waals surface area contributed by atoms with Crippen LogP contribution in [0.25, 0.3) is 26.4 Å². The van der Waals surface area contributed by atoms with Gasteiger partial charge in [0, 0.05) is 48.4 Å². The maximum absolute atomic E-state index is 12.4. The van der Waals surface area contributed by atoms with Gasteiger partial charge in [-0.25, -0.2) is 9.78 Å². The van der Waals surface area contributed by atoms with Crippen molar-refractivity contribution in [1.82, 2.24) is 19.9 Å². The van der Waals surface area contributed by atoms with Crippen LogP contribution in [-0.4, -0.2) is 53.0 Å². The minimum absolute atomic E-state index is 0. The lowest BCUT2D eigenvalue weighted by atomic mass is 9.93. The Morgan fingerprint density at radius 3 is 2.73 bits per heavy atom. The van der Waals surface area contributed by atoms with E-state index >= 15 is 0 Å². The van der Waals surface area contributed by atoms with Crippen LogP contribution < -0.4 is 20.7 Å². The highest BCUT2D eigenvalue weighted by Gasteiger charge is 2.20. The Bertz CT molecular complexity index is 1630. The second-order valence-electron chi connectivity index (χ2n) is 10.8. The number of rotatable bonds is 7. The number of morpholine rings is 1. The third-order valence-corrected chi connectivity index (χ3v) is 7.73. The highest BCUT2D eigenvalue weighted by atomic mass is 35.5. The van der Waals surface area contributed by atoms with Crippen LogP contribution in [0.5, 0.6) is 5.75 Å². The molecule has 1 aliphatic heterocycles. The van der Waals surface area contributed by atoms with E-state index < -0.39 is 6.03 Å². The number of anilines is 2. The molecule has 3 aromatic heterocycles. The fourth-order valence-electron chi connectivity index (χ4n) is 4.51. The van der Waals surface area contributed by atoms with E-state index in [9.17, 15) is 4.79 Å². The summed E-state index contributed by atoms with van der Waals surface area (Å²) in [5, 5.41) is 12.8.